The Bertz CT molecular complexity index is 596. The Morgan fingerprint density at radius 3 is 2.33 bits per heavy atom. The molecule has 0 spiro atoms. The van der Waals surface area contributed by atoms with Crippen molar-refractivity contribution in [3.05, 3.63) is 53.6 Å². The van der Waals surface area contributed by atoms with Gasteiger partial charge in [0.25, 0.3) is 0 Å². The minimum absolute atomic E-state index is 0.0397. The minimum Gasteiger partial charge on any atom is -0.496 e. The average molecular weight is 287 g/mol. The van der Waals surface area contributed by atoms with Crippen LogP contribution in [0, 0.1) is 0 Å². The van der Waals surface area contributed by atoms with E-state index >= 15 is 0 Å². The highest BCUT2D eigenvalue weighted by atomic mass is 16.5. The molecule has 0 saturated heterocycles. The molecule has 0 aliphatic heterocycles. The summed E-state index contributed by atoms with van der Waals surface area (Å²) in [7, 11) is 3.27. The van der Waals surface area contributed by atoms with E-state index in [-0.39, 0.29) is 6.04 Å². The number of rotatable bonds is 6. The summed E-state index contributed by atoms with van der Waals surface area (Å²) in [6, 6.07) is 13.5. The average Bonchev–Trinajstić information content (AvgIpc) is 2.52. The fourth-order valence-corrected chi connectivity index (χ4v) is 2.06. The summed E-state index contributed by atoms with van der Waals surface area (Å²) >= 11 is 0. The molecule has 0 radical (unpaired) electrons. The van der Waals surface area contributed by atoms with E-state index in [2.05, 4.69) is 0 Å². The van der Waals surface area contributed by atoms with E-state index in [0.29, 0.717) is 18.1 Å². The number of hydrogen-bond donors (Lipinski definition) is 1. The summed E-state index contributed by atoms with van der Waals surface area (Å²) in [5.41, 5.74) is 7.87. The predicted molar refractivity (Wildman–Crippen MR) is 82.9 cm³/mol. The second kappa shape index (κ2) is 6.99. The molecule has 0 amide bonds. The van der Waals surface area contributed by atoms with Gasteiger partial charge in [0.15, 0.2) is 11.5 Å². The Morgan fingerprint density at radius 2 is 1.67 bits per heavy atom. The van der Waals surface area contributed by atoms with E-state index in [9.17, 15) is 0 Å². The molecule has 4 nitrogen and oxygen atoms in total. The number of ether oxygens (including phenoxy) is 3. The van der Waals surface area contributed by atoms with Crippen LogP contribution in [0.5, 0.6) is 17.2 Å². The van der Waals surface area contributed by atoms with Gasteiger partial charge in [0.2, 0.25) is 0 Å². The third-order valence-corrected chi connectivity index (χ3v) is 3.29. The molecule has 2 aromatic rings. The number of benzene rings is 2. The predicted octanol–water partition coefficient (Wildman–Crippen LogP) is 3.30. The lowest BCUT2D eigenvalue weighted by atomic mass is 10.1. The molecule has 0 heterocycles. The van der Waals surface area contributed by atoms with Crippen LogP contribution in [0.25, 0.3) is 0 Å². The molecular formula is C17H21NO3. The molecule has 4 heteroatoms. The zero-order valence-electron chi connectivity index (χ0n) is 12.6. The standard InChI is InChI=1S/C17H21NO3/c1-12(18)13-8-9-16(17(10-13)20-3)21-11-14-6-4-5-7-15(14)19-2/h4-10,12H,11,18H2,1-3H3. The van der Waals surface area contributed by atoms with E-state index in [1.165, 1.54) is 0 Å². The summed E-state index contributed by atoms with van der Waals surface area (Å²) in [5, 5.41) is 0. The van der Waals surface area contributed by atoms with Gasteiger partial charge in [-0.1, -0.05) is 24.3 Å². The van der Waals surface area contributed by atoms with Crippen molar-refractivity contribution in [1.29, 1.82) is 0 Å². The summed E-state index contributed by atoms with van der Waals surface area (Å²) in [6.45, 7) is 2.35. The second-order valence-corrected chi connectivity index (χ2v) is 4.80. The highest BCUT2D eigenvalue weighted by molar-refractivity contribution is 5.44. The fourth-order valence-electron chi connectivity index (χ4n) is 2.06. The Labute approximate surface area is 125 Å². The smallest absolute Gasteiger partial charge is 0.161 e. The molecule has 0 fully saturated rings. The maximum Gasteiger partial charge on any atom is 0.161 e. The van der Waals surface area contributed by atoms with Gasteiger partial charge in [-0.25, -0.2) is 0 Å². The fraction of sp³-hybridized carbons (Fsp3) is 0.294. The van der Waals surface area contributed by atoms with Crippen molar-refractivity contribution < 1.29 is 14.2 Å². The second-order valence-electron chi connectivity index (χ2n) is 4.80. The lowest BCUT2D eigenvalue weighted by Crippen LogP contribution is -2.06. The maximum atomic E-state index is 5.88. The topological polar surface area (TPSA) is 53.7 Å². The van der Waals surface area contributed by atoms with Gasteiger partial charge < -0.3 is 19.9 Å². The molecule has 0 aliphatic rings. The lowest BCUT2D eigenvalue weighted by molar-refractivity contribution is 0.278. The van der Waals surface area contributed by atoms with Gasteiger partial charge in [-0.15, -0.1) is 0 Å². The molecule has 1 unspecified atom stereocenters. The third kappa shape index (κ3) is 3.67. The SMILES string of the molecule is COc1ccccc1COc1ccc(C(C)N)cc1OC. The number of nitrogens with two attached hydrogens (primary N) is 1. The number of methoxy groups -OCH3 is 2. The Hall–Kier alpha value is -2.20. The Balaban J connectivity index is 2.16. The zero-order chi connectivity index (χ0) is 15.2. The summed E-state index contributed by atoms with van der Waals surface area (Å²) in [4.78, 5) is 0. The van der Waals surface area contributed by atoms with Crippen LogP contribution in [0.4, 0.5) is 0 Å². The third-order valence-electron chi connectivity index (χ3n) is 3.29. The van der Waals surface area contributed by atoms with Crippen LogP contribution in [-0.2, 0) is 6.61 Å². The number of hydrogen-bond acceptors (Lipinski definition) is 4. The van der Waals surface area contributed by atoms with Gasteiger partial charge >= 0.3 is 0 Å². The van der Waals surface area contributed by atoms with Crippen LogP contribution >= 0.6 is 0 Å². The van der Waals surface area contributed by atoms with Crippen LogP contribution < -0.4 is 19.9 Å². The van der Waals surface area contributed by atoms with Crippen molar-refractivity contribution >= 4 is 0 Å². The van der Waals surface area contributed by atoms with Crippen LogP contribution in [-0.4, -0.2) is 14.2 Å². The van der Waals surface area contributed by atoms with Gasteiger partial charge in [0.05, 0.1) is 14.2 Å². The first kappa shape index (κ1) is 15.2. The molecule has 0 bridgehead atoms. The quantitative estimate of drug-likeness (QED) is 0.885. The molecule has 2 N–H and O–H groups in total. The van der Waals surface area contributed by atoms with Crippen molar-refractivity contribution in [3.63, 3.8) is 0 Å². The normalized spacial score (nSPS) is 11.8. The molecular weight excluding hydrogens is 266 g/mol. The highest BCUT2D eigenvalue weighted by Crippen LogP contribution is 2.31. The van der Waals surface area contributed by atoms with Crippen LogP contribution in [0.3, 0.4) is 0 Å². The molecule has 21 heavy (non-hydrogen) atoms. The van der Waals surface area contributed by atoms with Crippen molar-refractivity contribution in [2.24, 2.45) is 5.73 Å². The van der Waals surface area contributed by atoms with Crippen LogP contribution in [0.15, 0.2) is 42.5 Å². The van der Waals surface area contributed by atoms with E-state index in [1.807, 2.05) is 49.4 Å². The van der Waals surface area contributed by atoms with Crippen LogP contribution in [0.2, 0.25) is 0 Å². The van der Waals surface area contributed by atoms with Crippen molar-refractivity contribution in [1.82, 2.24) is 0 Å². The molecule has 0 aliphatic carbocycles. The largest absolute Gasteiger partial charge is 0.496 e. The van der Waals surface area contributed by atoms with E-state index in [0.717, 1.165) is 16.9 Å². The van der Waals surface area contributed by atoms with Crippen molar-refractivity contribution in [3.8, 4) is 17.2 Å². The first-order chi connectivity index (χ1) is 10.2. The summed E-state index contributed by atoms with van der Waals surface area (Å²) < 4.78 is 16.5. The maximum absolute atomic E-state index is 5.88. The van der Waals surface area contributed by atoms with Gasteiger partial charge in [0.1, 0.15) is 12.4 Å². The monoisotopic (exact) mass is 287 g/mol. The minimum atomic E-state index is -0.0397. The first-order valence-electron chi connectivity index (χ1n) is 6.84. The van der Waals surface area contributed by atoms with Crippen LogP contribution in [0.1, 0.15) is 24.1 Å². The molecule has 0 saturated carbocycles. The molecule has 2 rings (SSSR count). The van der Waals surface area contributed by atoms with Gasteiger partial charge in [-0.2, -0.15) is 0 Å². The molecule has 0 aromatic heterocycles. The van der Waals surface area contributed by atoms with Gasteiger partial charge in [-0.3, -0.25) is 0 Å². The van der Waals surface area contributed by atoms with Gasteiger partial charge in [0, 0.05) is 11.6 Å². The number of para-hydroxylation sites is 1. The Kier molecular flexibility index (Phi) is 5.06. The van der Waals surface area contributed by atoms with Gasteiger partial charge in [-0.05, 0) is 30.7 Å². The lowest BCUT2D eigenvalue weighted by Gasteiger charge is -2.14. The van der Waals surface area contributed by atoms with E-state index in [1.54, 1.807) is 14.2 Å². The molecule has 2 aromatic carbocycles. The van der Waals surface area contributed by atoms with Crippen molar-refractivity contribution in [2.75, 3.05) is 14.2 Å². The zero-order valence-corrected chi connectivity index (χ0v) is 12.6. The summed E-state index contributed by atoms with van der Waals surface area (Å²) in [6.07, 6.45) is 0. The highest BCUT2D eigenvalue weighted by Gasteiger charge is 2.09. The van der Waals surface area contributed by atoms with E-state index < -0.39 is 0 Å². The first-order valence-corrected chi connectivity index (χ1v) is 6.84. The van der Waals surface area contributed by atoms with Crippen molar-refractivity contribution in [2.45, 2.75) is 19.6 Å². The summed E-state index contributed by atoms with van der Waals surface area (Å²) in [5.74, 6) is 2.18. The Morgan fingerprint density at radius 1 is 0.952 bits per heavy atom. The molecule has 112 valence electrons. The molecule has 1 atom stereocenters. The van der Waals surface area contributed by atoms with E-state index in [4.69, 9.17) is 19.9 Å².